The van der Waals surface area contributed by atoms with Gasteiger partial charge in [-0.15, -0.1) is 0 Å². The van der Waals surface area contributed by atoms with Crippen molar-refractivity contribution in [2.75, 3.05) is 13.1 Å². The van der Waals surface area contributed by atoms with Gasteiger partial charge < -0.3 is 15.4 Å². The quantitative estimate of drug-likeness (QED) is 0.698. The molecule has 0 heterocycles. The fourth-order valence-corrected chi connectivity index (χ4v) is 1.42. The molecule has 4 nitrogen and oxygen atoms in total. The maximum atomic E-state index is 11.8. The summed E-state index contributed by atoms with van der Waals surface area (Å²) in [5.74, 6) is 0. The summed E-state index contributed by atoms with van der Waals surface area (Å²) in [6.07, 6.45) is 0.402. The van der Waals surface area contributed by atoms with E-state index < -0.39 is 11.7 Å². The van der Waals surface area contributed by atoms with Crippen molar-refractivity contribution in [2.45, 2.75) is 52.7 Å². The van der Waals surface area contributed by atoms with Gasteiger partial charge in [-0.05, 0) is 34.1 Å². The van der Waals surface area contributed by atoms with E-state index in [1.807, 2.05) is 34.6 Å². The van der Waals surface area contributed by atoms with Crippen molar-refractivity contribution in [2.24, 2.45) is 0 Å². The summed E-state index contributed by atoms with van der Waals surface area (Å²) in [5.41, 5.74) is 1.53. The van der Waals surface area contributed by atoms with Crippen LogP contribution in [0, 0.1) is 0 Å². The summed E-state index contributed by atoms with van der Waals surface area (Å²) in [6.45, 7) is 18.7. The topological polar surface area (TPSA) is 50.4 Å². The average molecular weight is 268 g/mol. The van der Waals surface area contributed by atoms with Gasteiger partial charge in [0.25, 0.3) is 0 Å². The van der Waals surface area contributed by atoms with Crippen LogP contribution >= 0.6 is 0 Å². The molecule has 2 N–H and O–H groups in total. The number of hydrogen-bond acceptors (Lipinski definition) is 3. The molecule has 1 amide bonds. The Kier molecular flexibility index (Phi) is 7.45. The lowest BCUT2D eigenvalue weighted by atomic mass is 10.1. The van der Waals surface area contributed by atoms with E-state index in [-0.39, 0.29) is 6.04 Å². The largest absolute Gasteiger partial charge is 0.444 e. The van der Waals surface area contributed by atoms with E-state index in [0.29, 0.717) is 6.54 Å². The molecule has 0 aromatic carbocycles. The van der Waals surface area contributed by atoms with Crippen LogP contribution in [-0.4, -0.2) is 30.8 Å². The van der Waals surface area contributed by atoms with E-state index in [1.54, 1.807) is 0 Å². The van der Waals surface area contributed by atoms with Crippen LogP contribution in [0.15, 0.2) is 24.3 Å². The summed E-state index contributed by atoms with van der Waals surface area (Å²) in [5, 5.41) is 6.08. The van der Waals surface area contributed by atoms with Crippen LogP contribution in [0.2, 0.25) is 0 Å². The van der Waals surface area contributed by atoms with E-state index in [4.69, 9.17) is 4.74 Å². The van der Waals surface area contributed by atoms with Gasteiger partial charge >= 0.3 is 6.09 Å². The van der Waals surface area contributed by atoms with Crippen LogP contribution in [-0.2, 0) is 4.74 Å². The van der Waals surface area contributed by atoms with Crippen molar-refractivity contribution in [3.8, 4) is 0 Å². The van der Waals surface area contributed by atoms with Crippen molar-refractivity contribution in [3.05, 3.63) is 24.3 Å². The first-order chi connectivity index (χ1) is 8.65. The Bertz CT molecular complexity index is 330. The predicted octanol–water partition coefficient (Wildman–Crippen LogP) is 3.01. The van der Waals surface area contributed by atoms with Crippen LogP contribution in [0.1, 0.15) is 41.0 Å². The summed E-state index contributed by atoms with van der Waals surface area (Å²) in [6, 6.07) is -0.126. The number of rotatable bonds is 7. The minimum atomic E-state index is -0.493. The van der Waals surface area contributed by atoms with Gasteiger partial charge in [0.15, 0.2) is 0 Å². The Hall–Kier alpha value is -1.29. The highest BCUT2D eigenvalue weighted by molar-refractivity contribution is 5.68. The van der Waals surface area contributed by atoms with Gasteiger partial charge in [-0.1, -0.05) is 31.2 Å². The fourth-order valence-electron chi connectivity index (χ4n) is 1.42. The predicted molar refractivity (Wildman–Crippen MR) is 80.3 cm³/mol. The van der Waals surface area contributed by atoms with Crippen molar-refractivity contribution in [1.29, 1.82) is 0 Å². The molecule has 0 unspecified atom stereocenters. The van der Waals surface area contributed by atoms with Gasteiger partial charge in [0, 0.05) is 13.1 Å². The Labute approximate surface area is 117 Å². The van der Waals surface area contributed by atoms with Gasteiger partial charge in [0.2, 0.25) is 0 Å². The van der Waals surface area contributed by atoms with Gasteiger partial charge in [-0.3, -0.25) is 0 Å². The van der Waals surface area contributed by atoms with Crippen LogP contribution in [0.5, 0.6) is 0 Å². The smallest absolute Gasteiger partial charge is 0.408 e. The van der Waals surface area contributed by atoms with Crippen LogP contribution in [0.4, 0.5) is 4.79 Å². The number of amides is 1. The Morgan fingerprint density at radius 2 is 1.89 bits per heavy atom. The lowest BCUT2D eigenvalue weighted by Gasteiger charge is -2.25. The van der Waals surface area contributed by atoms with E-state index in [0.717, 1.165) is 24.1 Å². The van der Waals surface area contributed by atoms with E-state index in [1.165, 1.54) is 0 Å². The molecule has 0 aliphatic heterocycles. The SMILES string of the molecule is C=C(C)CNC[C@@H](NC(=O)OC(C)(C)C)C(=C)CC. The highest BCUT2D eigenvalue weighted by Crippen LogP contribution is 2.09. The zero-order chi connectivity index (χ0) is 15.1. The van der Waals surface area contributed by atoms with Gasteiger partial charge in [0.1, 0.15) is 5.60 Å². The molecule has 4 heteroatoms. The summed E-state index contributed by atoms with van der Waals surface area (Å²) in [7, 11) is 0. The normalized spacial score (nSPS) is 12.7. The third-order valence-corrected chi connectivity index (χ3v) is 2.41. The van der Waals surface area contributed by atoms with Crippen molar-refractivity contribution in [1.82, 2.24) is 10.6 Å². The molecular formula is C15H28N2O2. The number of alkyl carbamates (subject to hydrolysis) is 1. The minimum absolute atomic E-state index is 0.126. The lowest BCUT2D eigenvalue weighted by Crippen LogP contribution is -2.45. The second-order valence-corrected chi connectivity index (χ2v) is 5.80. The molecule has 0 fully saturated rings. The van der Waals surface area contributed by atoms with E-state index in [9.17, 15) is 4.79 Å². The summed E-state index contributed by atoms with van der Waals surface area (Å²) >= 11 is 0. The molecule has 0 saturated carbocycles. The van der Waals surface area contributed by atoms with Crippen LogP contribution < -0.4 is 10.6 Å². The first kappa shape index (κ1) is 17.7. The van der Waals surface area contributed by atoms with Crippen LogP contribution in [0.25, 0.3) is 0 Å². The molecule has 0 aliphatic carbocycles. The zero-order valence-electron chi connectivity index (χ0n) is 12.9. The molecule has 19 heavy (non-hydrogen) atoms. The van der Waals surface area contributed by atoms with Gasteiger partial charge in [-0.25, -0.2) is 4.79 Å². The molecular weight excluding hydrogens is 240 g/mol. The maximum absolute atomic E-state index is 11.8. The molecule has 0 bridgehead atoms. The number of ether oxygens (including phenoxy) is 1. The number of nitrogens with one attached hydrogen (secondary N) is 2. The first-order valence-corrected chi connectivity index (χ1v) is 6.68. The first-order valence-electron chi connectivity index (χ1n) is 6.68. The minimum Gasteiger partial charge on any atom is -0.444 e. The Balaban J connectivity index is 4.39. The summed E-state index contributed by atoms with van der Waals surface area (Å²) < 4.78 is 5.25. The fraction of sp³-hybridized carbons (Fsp3) is 0.667. The van der Waals surface area contributed by atoms with Crippen molar-refractivity contribution >= 4 is 6.09 Å². The molecule has 0 saturated heterocycles. The highest BCUT2D eigenvalue weighted by atomic mass is 16.6. The second-order valence-electron chi connectivity index (χ2n) is 5.80. The highest BCUT2D eigenvalue weighted by Gasteiger charge is 2.20. The molecule has 110 valence electrons. The summed E-state index contributed by atoms with van der Waals surface area (Å²) in [4.78, 5) is 11.8. The molecule has 0 aliphatic rings. The molecule has 0 radical (unpaired) electrons. The second kappa shape index (κ2) is 8.00. The molecule has 0 rings (SSSR count). The average Bonchev–Trinajstić information content (AvgIpc) is 2.23. The van der Waals surface area contributed by atoms with Crippen molar-refractivity contribution in [3.63, 3.8) is 0 Å². The number of hydrogen-bond donors (Lipinski definition) is 2. The molecule has 0 spiro atoms. The van der Waals surface area contributed by atoms with Crippen LogP contribution in [0.3, 0.4) is 0 Å². The van der Waals surface area contributed by atoms with Crippen molar-refractivity contribution < 1.29 is 9.53 Å². The number of carbonyl (C=O) groups excluding carboxylic acids is 1. The zero-order valence-corrected chi connectivity index (χ0v) is 12.9. The van der Waals surface area contributed by atoms with E-state index in [2.05, 4.69) is 23.8 Å². The third-order valence-electron chi connectivity index (χ3n) is 2.41. The molecule has 0 aromatic rings. The van der Waals surface area contributed by atoms with Gasteiger partial charge in [-0.2, -0.15) is 0 Å². The third kappa shape index (κ3) is 9.31. The lowest BCUT2D eigenvalue weighted by molar-refractivity contribution is 0.0511. The Morgan fingerprint density at radius 1 is 1.32 bits per heavy atom. The van der Waals surface area contributed by atoms with Gasteiger partial charge in [0.05, 0.1) is 6.04 Å². The standard InChI is InChI=1S/C15H28N2O2/c1-8-12(4)13(10-16-9-11(2)3)17-14(18)19-15(5,6)7/h13,16H,2,4,8-10H2,1,3,5-7H3,(H,17,18)/t13-/m1/s1. The molecule has 1 atom stereocenters. The monoisotopic (exact) mass is 268 g/mol. The number of carbonyl (C=O) groups is 1. The van der Waals surface area contributed by atoms with E-state index >= 15 is 0 Å². The molecule has 0 aromatic heterocycles. The Morgan fingerprint density at radius 3 is 2.32 bits per heavy atom. The maximum Gasteiger partial charge on any atom is 0.408 e.